The maximum Gasteiger partial charge on any atom is 0.514 e. The quantitative estimate of drug-likeness (QED) is 0.578. The second-order valence-corrected chi connectivity index (χ2v) is 5.49. The second-order valence-electron chi connectivity index (χ2n) is 4.33. The monoisotopic (exact) mass is 348 g/mol. The number of ether oxygens (including phenoxy) is 2. The van der Waals surface area contributed by atoms with Crippen molar-refractivity contribution < 1.29 is 14.3 Å². The first-order valence-electron chi connectivity index (χ1n) is 4.99. The smallest absolute Gasteiger partial charge is 0.428 e. The maximum absolute atomic E-state index is 11.7. The largest absolute Gasteiger partial charge is 0.514 e. The van der Waals surface area contributed by atoms with Gasteiger partial charge < -0.3 is 9.47 Å². The molecule has 1 aromatic rings. The van der Waals surface area contributed by atoms with Crippen LogP contribution < -0.4 is 10.2 Å². The number of rotatable bonds is 1. The van der Waals surface area contributed by atoms with Crippen molar-refractivity contribution in [3.05, 3.63) is 38.1 Å². The molecule has 0 fully saturated rings. The van der Waals surface area contributed by atoms with E-state index < -0.39 is 11.8 Å². The highest BCUT2D eigenvalue weighted by molar-refractivity contribution is 14.1. The van der Waals surface area contributed by atoms with E-state index in [1.165, 1.54) is 6.07 Å². The van der Waals surface area contributed by atoms with E-state index in [1.807, 2.05) is 22.6 Å². The van der Waals surface area contributed by atoms with Gasteiger partial charge in [0.05, 0.1) is 3.57 Å². The minimum absolute atomic E-state index is 0.0337. The first-order valence-corrected chi connectivity index (χ1v) is 6.07. The van der Waals surface area contributed by atoms with Crippen LogP contribution in [0.2, 0.25) is 0 Å². The number of carbonyl (C=O) groups excluding carboxylic acids is 1. The third-order valence-corrected chi connectivity index (χ3v) is 2.47. The van der Waals surface area contributed by atoms with Crippen LogP contribution in [0, 0.1) is 3.57 Å². The van der Waals surface area contributed by atoms with Crippen LogP contribution in [-0.2, 0) is 4.74 Å². The summed E-state index contributed by atoms with van der Waals surface area (Å²) >= 11 is 1.89. The molecule has 0 aliphatic heterocycles. The Kier molecular flexibility index (Phi) is 4.50. The predicted octanol–water partition coefficient (Wildman–Crippen LogP) is 2.97. The van der Waals surface area contributed by atoms with Crippen LogP contribution in [0.4, 0.5) is 4.79 Å². The molecule has 0 radical (unpaired) electrons. The topological polar surface area (TPSA) is 52.6 Å². The lowest BCUT2D eigenvalue weighted by Gasteiger charge is -2.18. The number of carbonyl (C=O) groups is 1. The molecule has 1 aromatic carbocycles. The van der Waals surface area contributed by atoms with E-state index in [0.29, 0.717) is 3.57 Å². The first kappa shape index (κ1) is 14.0. The number of hydrogen-bond donors (Lipinski definition) is 0. The SMILES string of the molecule is CC(C)(C)OC(=O)Oc1ccccc(I)c1=O. The van der Waals surface area contributed by atoms with Crippen LogP contribution in [-0.4, -0.2) is 11.8 Å². The molecule has 0 N–H and O–H groups in total. The Morgan fingerprint density at radius 3 is 2.41 bits per heavy atom. The normalized spacial score (nSPS) is 10.8. The minimum Gasteiger partial charge on any atom is -0.428 e. The van der Waals surface area contributed by atoms with E-state index in [-0.39, 0.29) is 11.2 Å². The fraction of sp³-hybridized carbons (Fsp3) is 0.333. The fourth-order valence-corrected chi connectivity index (χ4v) is 1.47. The second kappa shape index (κ2) is 5.48. The third-order valence-electron chi connectivity index (χ3n) is 1.62. The standard InChI is InChI=1S/C12H13IO4/c1-12(2,3)17-11(15)16-9-7-5-4-6-8(13)10(9)14/h4-7H,1-3H3. The van der Waals surface area contributed by atoms with Gasteiger partial charge in [0.25, 0.3) is 0 Å². The zero-order valence-corrected chi connectivity index (χ0v) is 12.0. The Morgan fingerprint density at radius 1 is 1.24 bits per heavy atom. The van der Waals surface area contributed by atoms with Crippen molar-refractivity contribution in [2.75, 3.05) is 0 Å². The van der Waals surface area contributed by atoms with Crippen LogP contribution in [0.3, 0.4) is 0 Å². The Morgan fingerprint density at radius 2 is 1.82 bits per heavy atom. The van der Waals surface area contributed by atoms with Gasteiger partial charge in [-0.15, -0.1) is 0 Å². The molecule has 5 heteroatoms. The highest BCUT2D eigenvalue weighted by Gasteiger charge is 2.19. The molecule has 0 heterocycles. The van der Waals surface area contributed by atoms with Gasteiger partial charge in [-0.2, -0.15) is 0 Å². The Labute approximate surface area is 113 Å². The zero-order valence-electron chi connectivity index (χ0n) is 9.82. The van der Waals surface area contributed by atoms with Gasteiger partial charge in [0.1, 0.15) is 5.60 Å². The Bertz CT molecular complexity index is 477. The van der Waals surface area contributed by atoms with Crippen molar-refractivity contribution in [2.24, 2.45) is 0 Å². The van der Waals surface area contributed by atoms with Crippen molar-refractivity contribution in [1.82, 2.24) is 0 Å². The van der Waals surface area contributed by atoms with Gasteiger partial charge in [-0.3, -0.25) is 4.79 Å². The summed E-state index contributed by atoms with van der Waals surface area (Å²) in [5.41, 5.74) is -0.981. The van der Waals surface area contributed by atoms with Crippen molar-refractivity contribution in [1.29, 1.82) is 0 Å². The number of hydrogen-bond acceptors (Lipinski definition) is 4. The highest BCUT2D eigenvalue weighted by Crippen LogP contribution is 2.11. The molecule has 0 aliphatic rings. The van der Waals surface area contributed by atoms with Crippen molar-refractivity contribution in [3.63, 3.8) is 0 Å². The molecule has 0 unspecified atom stereocenters. The first-order chi connectivity index (χ1) is 7.79. The Balaban J connectivity index is 2.91. The van der Waals surface area contributed by atoms with Gasteiger partial charge in [-0.05, 0) is 55.5 Å². The average Bonchev–Trinajstić information content (AvgIpc) is 2.30. The molecule has 4 nitrogen and oxygen atoms in total. The van der Waals surface area contributed by atoms with Gasteiger partial charge in [0.15, 0.2) is 5.75 Å². The van der Waals surface area contributed by atoms with E-state index in [0.717, 1.165) is 0 Å². The Hall–Kier alpha value is -1.11. The van der Waals surface area contributed by atoms with E-state index in [2.05, 4.69) is 0 Å². The van der Waals surface area contributed by atoms with E-state index in [1.54, 1.807) is 39.0 Å². The average molecular weight is 348 g/mol. The van der Waals surface area contributed by atoms with Gasteiger partial charge in [-0.1, -0.05) is 12.1 Å². The summed E-state index contributed by atoms with van der Waals surface area (Å²) in [6.45, 7) is 5.17. The molecule has 17 heavy (non-hydrogen) atoms. The molecular formula is C12H13IO4. The van der Waals surface area contributed by atoms with Crippen LogP contribution in [0.25, 0.3) is 0 Å². The zero-order chi connectivity index (χ0) is 13.1. The lowest BCUT2D eigenvalue weighted by molar-refractivity contribution is 0.0204. The van der Waals surface area contributed by atoms with E-state index in [9.17, 15) is 9.59 Å². The minimum atomic E-state index is -0.878. The summed E-state index contributed by atoms with van der Waals surface area (Å²) in [5, 5.41) is 0. The maximum atomic E-state index is 11.7. The summed E-state index contributed by atoms with van der Waals surface area (Å²) in [5.74, 6) is -0.0337. The van der Waals surface area contributed by atoms with Gasteiger partial charge in [-0.25, -0.2) is 4.79 Å². The van der Waals surface area contributed by atoms with Crippen molar-refractivity contribution in [2.45, 2.75) is 26.4 Å². The summed E-state index contributed by atoms with van der Waals surface area (Å²) in [7, 11) is 0. The summed E-state index contributed by atoms with van der Waals surface area (Å²) < 4.78 is 10.3. The predicted molar refractivity (Wildman–Crippen MR) is 72.3 cm³/mol. The van der Waals surface area contributed by atoms with Gasteiger partial charge in [0.2, 0.25) is 5.43 Å². The molecule has 0 aliphatic carbocycles. The molecule has 0 atom stereocenters. The lowest BCUT2D eigenvalue weighted by atomic mass is 10.2. The van der Waals surface area contributed by atoms with Crippen molar-refractivity contribution in [3.8, 4) is 5.75 Å². The molecule has 0 saturated heterocycles. The van der Waals surface area contributed by atoms with Crippen LogP contribution in [0.15, 0.2) is 29.1 Å². The fourth-order valence-electron chi connectivity index (χ4n) is 0.993. The highest BCUT2D eigenvalue weighted by atomic mass is 127. The van der Waals surface area contributed by atoms with Gasteiger partial charge in [0, 0.05) is 0 Å². The summed E-state index contributed by atoms with van der Waals surface area (Å²) in [6, 6.07) is 6.41. The van der Waals surface area contributed by atoms with Crippen LogP contribution in [0.1, 0.15) is 20.8 Å². The van der Waals surface area contributed by atoms with Crippen molar-refractivity contribution >= 4 is 28.7 Å². The molecule has 92 valence electrons. The molecule has 0 spiro atoms. The molecule has 0 aromatic heterocycles. The van der Waals surface area contributed by atoms with Crippen LogP contribution in [0.5, 0.6) is 5.75 Å². The molecule has 0 bridgehead atoms. The molecular weight excluding hydrogens is 335 g/mol. The summed E-state index contributed by atoms with van der Waals surface area (Å²) in [4.78, 5) is 23.1. The van der Waals surface area contributed by atoms with Gasteiger partial charge >= 0.3 is 6.16 Å². The van der Waals surface area contributed by atoms with Crippen LogP contribution >= 0.6 is 22.6 Å². The summed E-state index contributed by atoms with van der Waals surface area (Å²) in [6.07, 6.45) is -0.878. The molecule has 1 rings (SSSR count). The lowest BCUT2D eigenvalue weighted by Crippen LogP contribution is -2.27. The molecule has 0 amide bonds. The molecule has 0 saturated carbocycles. The van der Waals surface area contributed by atoms with E-state index >= 15 is 0 Å². The van der Waals surface area contributed by atoms with E-state index in [4.69, 9.17) is 9.47 Å². The number of halogens is 1. The third kappa shape index (κ3) is 4.72.